The molecule has 0 bridgehead atoms. The Morgan fingerprint density at radius 1 is 1.54 bits per heavy atom. The highest BCUT2D eigenvalue weighted by Gasteiger charge is 2.10. The van der Waals surface area contributed by atoms with Crippen LogP contribution in [-0.2, 0) is 6.54 Å². The van der Waals surface area contributed by atoms with Crippen LogP contribution in [0.3, 0.4) is 0 Å². The molecule has 5 heteroatoms. The Hall–Kier alpha value is -1.13. The first-order valence-electron chi connectivity index (χ1n) is 4.29. The van der Waals surface area contributed by atoms with E-state index in [9.17, 15) is 9.18 Å². The third kappa shape index (κ3) is 1.79. The molecule has 0 saturated carbocycles. The van der Waals surface area contributed by atoms with Crippen LogP contribution in [0.2, 0.25) is 0 Å². The van der Waals surface area contributed by atoms with E-state index in [-0.39, 0.29) is 18.3 Å². The molecular weight excluding hydrogens is 173 g/mol. The zero-order valence-electron chi connectivity index (χ0n) is 8.12. The first kappa shape index (κ1) is 9.95. The van der Waals surface area contributed by atoms with Crippen molar-refractivity contribution in [2.24, 2.45) is 0 Å². The molecule has 0 spiro atoms. The third-order valence-electron chi connectivity index (χ3n) is 1.87. The van der Waals surface area contributed by atoms with Gasteiger partial charge in [-0.25, -0.2) is 13.9 Å². The van der Waals surface area contributed by atoms with E-state index in [2.05, 4.69) is 5.10 Å². The van der Waals surface area contributed by atoms with Gasteiger partial charge >= 0.3 is 5.69 Å². The largest absolute Gasteiger partial charge is 0.346 e. The first-order chi connectivity index (χ1) is 6.07. The van der Waals surface area contributed by atoms with Crippen LogP contribution in [0.4, 0.5) is 4.39 Å². The normalized spacial score (nSPS) is 11.2. The number of alkyl halides is 1. The van der Waals surface area contributed by atoms with Crippen molar-refractivity contribution >= 4 is 0 Å². The molecule has 4 nitrogen and oxygen atoms in total. The number of hydrogen-bond acceptors (Lipinski definition) is 2. The van der Waals surface area contributed by atoms with Gasteiger partial charge in [0.2, 0.25) is 0 Å². The maximum Gasteiger partial charge on any atom is 0.346 e. The Labute approximate surface area is 76.0 Å². The summed E-state index contributed by atoms with van der Waals surface area (Å²) in [5, 5.41) is 4.03. The van der Waals surface area contributed by atoms with E-state index >= 15 is 0 Å². The molecular formula is C8H14FN3O. The second kappa shape index (κ2) is 3.72. The lowest BCUT2D eigenvalue weighted by Crippen LogP contribution is -2.27. The van der Waals surface area contributed by atoms with E-state index < -0.39 is 6.67 Å². The highest BCUT2D eigenvalue weighted by atomic mass is 19.1. The highest BCUT2D eigenvalue weighted by Crippen LogP contribution is 1.99. The molecule has 74 valence electrons. The van der Waals surface area contributed by atoms with Gasteiger partial charge in [-0.1, -0.05) is 0 Å². The fraction of sp³-hybridized carbons (Fsp3) is 0.750. The fourth-order valence-corrected chi connectivity index (χ4v) is 1.19. The highest BCUT2D eigenvalue weighted by molar-refractivity contribution is 4.84. The lowest BCUT2D eigenvalue weighted by atomic mass is 10.4. The van der Waals surface area contributed by atoms with Crippen molar-refractivity contribution in [3.63, 3.8) is 0 Å². The predicted molar refractivity (Wildman–Crippen MR) is 47.6 cm³/mol. The molecule has 0 aromatic carbocycles. The third-order valence-corrected chi connectivity index (χ3v) is 1.87. The van der Waals surface area contributed by atoms with Crippen LogP contribution in [0.5, 0.6) is 0 Å². The van der Waals surface area contributed by atoms with E-state index in [0.717, 1.165) is 0 Å². The summed E-state index contributed by atoms with van der Waals surface area (Å²) in [7, 11) is 0. The van der Waals surface area contributed by atoms with Gasteiger partial charge in [-0.15, -0.1) is 0 Å². The number of aryl methyl sites for hydroxylation is 1. The topological polar surface area (TPSA) is 39.8 Å². The lowest BCUT2D eigenvalue weighted by Gasteiger charge is -2.00. The van der Waals surface area contributed by atoms with E-state index in [1.165, 1.54) is 9.25 Å². The number of hydrogen-bond donors (Lipinski definition) is 0. The molecule has 0 saturated heterocycles. The minimum absolute atomic E-state index is 0.0204. The van der Waals surface area contributed by atoms with Crippen molar-refractivity contribution in [1.82, 2.24) is 14.3 Å². The van der Waals surface area contributed by atoms with Crippen molar-refractivity contribution in [3.8, 4) is 0 Å². The second-order valence-corrected chi connectivity index (χ2v) is 3.21. The molecule has 0 atom stereocenters. The van der Waals surface area contributed by atoms with Gasteiger partial charge in [0.1, 0.15) is 12.5 Å². The molecule has 0 aliphatic heterocycles. The Kier molecular flexibility index (Phi) is 2.85. The van der Waals surface area contributed by atoms with Gasteiger partial charge in [0.15, 0.2) is 0 Å². The molecule has 0 aliphatic rings. The van der Waals surface area contributed by atoms with Gasteiger partial charge < -0.3 is 0 Å². The lowest BCUT2D eigenvalue weighted by molar-refractivity contribution is 0.430. The van der Waals surface area contributed by atoms with Gasteiger partial charge in [0.05, 0.1) is 12.6 Å². The molecule has 0 N–H and O–H groups in total. The molecule has 1 aromatic heterocycles. The first-order valence-corrected chi connectivity index (χ1v) is 4.29. The SMILES string of the molecule is Cc1nn(C(C)C)c(=O)n1CCF. The maximum absolute atomic E-state index is 12.1. The minimum Gasteiger partial charge on any atom is -0.277 e. The molecule has 0 fully saturated rings. The summed E-state index contributed by atoms with van der Waals surface area (Å²) in [6, 6.07) is 0.0204. The summed E-state index contributed by atoms with van der Waals surface area (Å²) in [5.74, 6) is 0.566. The van der Waals surface area contributed by atoms with E-state index in [4.69, 9.17) is 0 Å². The Morgan fingerprint density at radius 2 is 2.15 bits per heavy atom. The Bertz CT molecular complexity index is 340. The average Bonchev–Trinajstić information content (AvgIpc) is 2.32. The Balaban J connectivity index is 3.15. The zero-order chi connectivity index (χ0) is 10.0. The summed E-state index contributed by atoms with van der Waals surface area (Å²) >= 11 is 0. The summed E-state index contributed by atoms with van der Waals surface area (Å²) in [5.41, 5.74) is -0.231. The molecule has 0 amide bonds. The molecule has 0 aliphatic carbocycles. The summed E-state index contributed by atoms with van der Waals surface area (Å²) in [6.07, 6.45) is 0. The van der Waals surface area contributed by atoms with Crippen molar-refractivity contribution in [2.45, 2.75) is 33.4 Å². The quantitative estimate of drug-likeness (QED) is 0.705. The summed E-state index contributed by atoms with van der Waals surface area (Å²) < 4.78 is 14.8. The van der Waals surface area contributed by atoms with Crippen LogP contribution in [0.1, 0.15) is 25.7 Å². The van der Waals surface area contributed by atoms with Crippen LogP contribution >= 0.6 is 0 Å². The molecule has 0 radical (unpaired) electrons. The standard InChI is InChI=1S/C8H14FN3O/c1-6(2)12-8(13)11(5-4-9)7(3)10-12/h6H,4-5H2,1-3H3. The number of rotatable bonds is 3. The van der Waals surface area contributed by atoms with Crippen LogP contribution in [-0.4, -0.2) is 21.0 Å². The second-order valence-electron chi connectivity index (χ2n) is 3.21. The molecule has 13 heavy (non-hydrogen) atoms. The van der Waals surface area contributed by atoms with Crippen LogP contribution < -0.4 is 5.69 Å². The van der Waals surface area contributed by atoms with Gasteiger partial charge in [0.25, 0.3) is 0 Å². The van der Waals surface area contributed by atoms with Crippen molar-refractivity contribution in [1.29, 1.82) is 0 Å². The van der Waals surface area contributed by atoms with Crippen LogP contribution in [0, 0.1) is 6.92 Å². The van der Waals surface area contributed by atoms with E-state index in [1.54, 1.807) is 6.92 Å². The summed E-state index contributed by atoms with van der Waals surface area (Å²) in [6.45, 7) is 5.00. The maximum atomic E-state index is 12.1. The number of aromatic nitrogens is 3. The summed E-state index contributed by atoms with van der Waals surface area (Å²) in [4.78, 5) is 11.5. The molecule has 0 unspecified atom stereocenters. The van der Waals surface area contributed by atoms with Crippen LogP contribution in [0.15, 0.2) is 4.79 Å². The molecule has 1 rings (SSSR count). The van der Waals surface area contributed by atoms with E-state index in [1.807, 2.05) is 13.8 Å². The van der Waals surface area contributed by atoms with Crippen molar-refractivity contribution in [3.05, 3.63) is 16.3 Å². The predicted octanol–water partition coefficient (Wildman–Crippen LogP) is 0.904. The average molecular weight is 187 g/mol. The monoisotopic (exact) mass is 187 g/mol. The van der Waals surface area contributed by atoms with Crippen molar-refractivity contribution in [2.75, 3.05) is 6.67 Å². The minimum atomic E-state index is -0.537. The zero-order valence-corrected chi connectivity index (χ0v) is 8.12. The van der Waals surface area contributed by atoms with Crippen molar-refractivity contribution < 1.29 is 4.39 Å². The fourth-order valence-electron chi connectivity index (χ4n) is 1.19. The molecule has 1 heterocycles. The molecule has 1 aromatic rings. The smallest absolute Gasteiger partial charge is 0.277 e. The van der Waals surface area contributed by atoms with Crippen LogP contribution in [0.25, 0.3) is 0 Å². The van der Waals surface area contributed by atoms with E-state index in [0.29, 0.717) is 5.82 Å². The van der Waals surface area contributed by atoms with Gasteiger partial charge in [-0.2, -0.15) is 5.10 Å². The Morgan fingerprint density at radius 3 is 2.54 bits per heavy atom. The van der Waals surface area contributed by atoms with Gasteiger partial charge in [0, 0.05) is 0 Å². The van der Waals surface area contributed by atoms with Gasteiger partial charge in [-0.05, 0) is 20.8 Å². The van der Waals surface area contributed by atoms with Gasteiger partial charge in [-0.3, -0.25) is 4.57 Å². The number of halogens is 1. The number of nitrogens with zero attached hydrogens (tertiary/aromatic N) is 3.